The van der Waals surface area contributed by atoms with Crippen LogP contribution >= 0.6 is 35.8 Å². The van der Waals surface area contributed by atoms with E-state index in [0.717, 1.165) is 33.8 Å². The molecule has 32 heavy (non-hydrogen) atoms. The van der Waals surface area contributed by atoms with E-state index in [9.17, 15) is 4.79 Å². The molecular formula is C24H23Cl2N3O2S. The number of aliphatic imine (C=N–C) groups is 1. The Morgan fingerprint density at radius 1 is 1.06 bits per heavy atom. The standard InChI is InChI=1S/C24H22ClN3O2S.ClH/c1-28-20(15-23(29)26-18-9-7-17(25)8-10-18)16-31-24(28)27-19-11-13-22(14-12-19)30-21-5-3-2-4-6-21;/h2-14,20H,15-16H2,1H3,(H,26,29);1H/b27-24+;. The van der Waals surface area contributed by atoms with Crippen molar-refractivity contribution in [2.24, 2.45) is 4.99 Å². The number of halogens is 2. The third-order valence-corrected chi connectivity index (χ3v) is 6.28. The second-order valence-electron chi connectivity index (χ2n) is 7.14. The van der Waals surface area contributed by atoms with Gasteiger partial charge in [0.25, 0.3) is 0 Å². The molecule has 1 aliphatic heterocycles. The zero-order valence-electron chi connectivity index (χ0n) is 17.4. The summed E-state index contributed by atoms with van der Waals surface area (Å²) in [4.78, 5) is 19.2. The lowest BCUT2D eigenvalue weighted by Gasteiger charge is -2.20. The maximum absolute atomic E-state index is 12.4. The molecule has 1 atom stereocenters. The van der Waals surface area contributed by atoms with Crippen molar-refractivity contribution in [2.75, 3.05) is 18.1 Å². The normalized spacial score (nSPS) is 16.5. The van der Waals surface area contributed by atoms with Gasteiger partial charge in [-0.05, 0) is 60.7 Å². The molecule has 3 aromatic carbocycles. The van der Waals surface area contributed by atoms with E-state index in [1.54, 1.807) is 36.0 Å². The van der Waals surface area contributed by atoms with Crippen LogP contribution in [0, 0.1) is 0 Å². The highest BCUT2D eigenvalue weighted by Gasteiger charge is 2.29. The summed E-state index contributed by atoms with van der Waals surface area (Å²) in [6, 6.07) is 24.6. The van der Waals surface area contributed by atoms with Gasteiger partial charge in [0, 0.05) is 36.0 Å². The van der Waals surface area contributed by atoms with Gasteiger partial charge in [-0.25, -0.2) is 4.99 Å². The number of hydrogen-bond acceptors (Lipinski definition) is 4. The van der Waals surface area contributed by atoms with Crippen LogP contribution in [-0.2, 0) is 4.79 Å². The number of carbonyl (C=O) groups excluding carboxylic acids is 1. The van der Waals surface area contributed by atoms with Crippen LogP contribution in [0.25, 0.3) is 0 Å². The largest absolute Gasteiger partial charge is 0.457 e. The first-order valence-electron chi connectivity index (χ1n) is 9.89. The van der Waals surface area contributed by atoms with Crippen molar-refractivity contribution >= 4 is 58.2 Å². The van der Waals surface area contributed by atoms with Crippen molar-refractivity contribution in [3.8, 4) is 11.5 Å². The predicted molar refractivity (Wildman–Crippen MR) is 136 cm³/mol. The van der Waals surface area contributed by atoms with Crippen LogP contribution in [-0.4, -0.2) is 34.8 Å². The molecule has 5 nitrogen and oxygen atoms in total. The number of nitrogens with one attached hydrogen (secondary N) is 1. The lowest BCUT2D eigenvalue weighted by Crippen LogP contribution is -2.33. The van der Waals surface area contributed by atoms with E-state index in [1.165, 1.54) is 0 Å². The highest BCUT2D eigenvalue weighted by molar-refractivity contribution is 8.14. The Kier molecular flexibility index (Phi) is 8.45. The van der Waals surface area contributed by atoms with Crippen molar-refractivity contribution in [1.82, 2.24) is 4.90 Å². The Labute approximate surface area is 203 Å². The summed E-state index contributed by atoms with van der Waals surface area (Å²) < 4.78 is 5.82. The van der Waals surface area contributed by atoms with Gasteiger partial charge in [0.15, 0.2) is 5.17 Å². The van der Waals surface area contributed by atoms with E-state index in [4.69, 9.17) is 21.3 Å². The van der Waals surface area contributed by atoms with Gasteiger partial charge >= 0.3 is 0 Å². The molecule has 0 aromatic heterocycles. The molecule has 0 radical (unpaired) electrons. The SMILES string of the molecule is CN1/C(=N\c2ccc(Oc3ccccc3)cc2)SCC1CC(=O)Nc1ccc(Cl)cc1.Cl. The van der Waals surface area contributed by atoms with Gasteiger partial charge < -0.3 is 15.0 Å². The Morgan fingerprint density at radius 3 is 2.41 bits per heavy atom. The molecule has 1 unspecified atom stereocenters. The molecule has 1 aliphatic rings. The summed E-state index contributed by atoms with van der Waals surface area (Å²) in [5.41, 5.74) is 1.59. The molecule has 3 aromatic rings. The van der Waals surface area contributed by atoms with E-state index >= 15 is 0 Å². The third kappa shape index (κ3) is 6.42. The second-order valence-corrected chi connectivity index (χ2v) is 8.56. The van der Waals surface area contributed by atoms with Gasteiger partial charge in [0.05, 0.1) is 5.69 Å². The molecule has 0 spiro atoms. The van der Waals surface area contributed by atoms with Crippen molar-refractivity contribution < 1.29 is 9.53 Å². The van der Waals surface area contributed by atoms with E-state index in [2.05, 4.69) is 10.2 Å². The fourth-order valence-corrected chi connectivity index (χ4v) is 4.46. The summed E-state index contributed by atoms with van der Waals surface area (Å²) in [5, 5.41) is 4.47. The molecule has 0 saturated carbocycles. The average molecular weight is 488 g/mol. The van der Waals surface area contributed by atoms with Gasteiger partial charge in [0.1, 0.15) is 11.5 Å². The van der Waals surface area contributed by atoms with Crippen molar-refractivity contribution in [1.29, 1.82) is 0 Å². The molecule has 0 aliphatic carbocycles. The van der Waals surface area contributed by atoms with Gasteiger partial charge in [-0.3, -0.25) is 4.79 Å². The zero-order chi connectivity index (χ0) is 21.6. The number of amides is 1. The van der Waals surface area contributed by atoms with Gasteiger partial charge in [-0.2, -0.15) is 0 Å². The van der Waals surface area contributed by atoms with E-state index < -0.39 is 0 Å². The van der Waals surface area contributed by atoms with E-state index in [1.807, 2.05) is 61.6 Å². The Morgan fingerprint density at radius 2 is 1.72 bits per heavy atom. The van der Waals surface area contributed by atoms with Crippen LogP contribution < -0.4 is 10.1 Å². The predicted octanol–water partition coefficient (Wildman–Crippen LogP) is 6.62. The van der Waals surface area contributed by atoms with E-state index in [0.29, 0.717) is 11.4 Å². The lowest BCUT2D eigenvalue weighted by molar-refractivity contribution is -0.116. The Bertz CT molecular complexity index is 1060. The van der Waals surface area contributed by atoms with Crippen LogP contribution in [0.4, 0.5) is 11.4 Å². The van der Waals surface area contributed by atoms with Crippen molar-refractivity contribution in [3.05, 3.63) is 83.9 Å². The molecule has 8 heteroatoms. The first kappa shape index (κ1) is 24.0. The van der Waals surface area contributed by atoms with Crippen LogP contribution in [0.2, 0.25) is 5.02 Å². The minimum Gasteiger partial charge on any atom is -0.457 e. The number of anilines is 1. The molecule has 1 fully saturated rings. The van der Waals surface area contributed by atoms with Crippen molar-refractivity contribution in [3.63, 3.8) is 0 Å². The topological polar surface area (TPSA) is 53.9 Å². The first-order chi connectivity index (χ1) is 15.1. The maximum atomic E-state index is 12.4. The average Bonchev–Trinajstić information content (AvgIpc) is 3.11. The molecule has 1 saturated heterocycles. The number of nitrogens with zero attached hydrogens (tertiary/aromatic N) is 2. The minimum absolute atomic E-state index is 0. The summed E-state index contributed by atoms with van der Waals surface area (Å²) in [7, 11) is 1.98. The molecule has 4 rings (SSSR count). The van der Waals surface area contributed by atoms with Crippen molar-refractivity contribution in [2.45, 2.75) is 12.5 Å². The monoisotopic (exact) mass is 487 g/mol. The number of carbonyl (C=O) groups is 1. The second kappa shape index (κ2) is 11.3. The maximum Gasteiger partial charge on any atom is 0.226 e. The molecule has 1 N–H and O–H groups in total. The van der Waals surface area contributed by atoms with Crippen LogP contribution in [0.15, 0.2) is 83.9 Å². The number of ether oxygens (including phenoxy) is 1. The number of hydrogen-bond donors (Lipinski definition) is 1. The van der Waals surface area contributed by atoms with Crippen LogP contribution in [0.5, 0.6) is 11.5 Å². The summed E-state index contributed by atoms with van der Waals surface area (Å²) in [6.07, 6.45) is 0.398. The highest BCUT2D eigenvalue weighted by atomic mass is 35.5. The van der Waals surface area contributed by atoms with Crippen LogP contribution in [0.3, 0.4) is 0 Å². The number of rotatable bonds is 6. The number of thioether (sulfide) groups is 1. The fraction of sp³-hybridized carbons (Fsp3) is 0.167. The molecule has 1 heterocycles. The van der Waals surface area contributed by atoms with Gasteiger partial charge in [-0.15, -0.1) is 12.4 Å². The van der Waals surface area contributed by atoms with Gasteiger partial charge in [0.2, 0.25) is 5.91 Å². The molecule has 0 bridgehead atoms. The number of benzene rings is 3. The minimum atomic E-state index is -0.0246. The summed E-state index contributed by atoms with van der Waals surface area (Å²) in [6.45, 7) is 0. The Balaban J connectivity index is 0.00000289. The van der Waals surface area contributed by atoms with Crippen LogP contribution in [0.1, 0.15) is 6.42 Å². The molecule has 166 valence electrons. The third-order valence-electron chi connectivity index (χ3n) is 4.84. The molecule has 1 amide bonds. The molecular weight excluding hydrogens is 465 g/mol. The highest BCUT2D eigenvalue weighted by Crippen LogP contribution is 2.29. The lowest BCUT2D eigenvalue weighted by atomic mass is 10.2. The first-order valence-corrected chi connectivity index (χ1v) is 11.3. The van der Waals surface area contributed by atoms with Gasteiger partial charge in [-0.1, -0.05) is 41.6 Å². The zero-order valence-corrected chi connectivity index (χ0v) is 19.8. The summed E-state index contributed by atoms with van der Waals surface area (Å²) >= 11 is 7.55. The van der Waals surface area contributed by atoms with E-state index in [-0.39, 0.29) is 24.4 Å². The Hall–Kier alpha value is -2.67. The quantitative estimate of drug-likeness (QED) is 0.424. The number of amidine groups is 1. The number of para-hydroxylation sites is 1. The smallest absolute Gasteiger partial charge is 0.226 e. The summed E-state index contributed by atoms with van der Waals surface area (Å²) in [5.74, 6) is 2.36. The fourth-order valence-electron chi connectivity index (χ4n) is 3.13.